The lowest BCUT2D eigenvalue weighted by atomic mass is 9.79. The monoisotopic (exact) mass is 338 g/mol. The molecule has 0 saturated heterocycles. The fourth-order valence-corrected chi connectivity index (χ4v) is 4.39. The molecule has 4 N–H and O–H groups in total. The van der Waals surface area contributed by atoms with Crippen molar-refractivity contribution in [2.75, 3.05) is 11.5 Å². The molecule has 25 heavy (non-hydrogen) atoms. The maximum Gasteiger partial charge on any atom is 0.0349 e. The fraction of sp³-hybridized carbons (Fsp3) is 0.478. The van der Waals surface area contributed by atoms with Gasteiger partial charge in [-0.05, 0) is 77.6 Å². The lowest BCUT2D eigenvalue weighted by Gasteiger charge is -2.26. The first-order chi connectivity index (χ1) is 12.0. The van der Waals surface area contributed by atoms with Gasteiger partial charge in [0.2, 0.25) is 0 Å². The van der Waals surface area contributed by atoms with Gasteiger partial charge in [0.05, 0.1) is 0 Å². The summed E-state index contributed by atoms with van der Waals surface area (Å²) in [4.78, 5) is 0. The normalized spacial score (nSPS) is 11.3. The molecule has 0 atom stereocenters. The number of hydrogen-bond donors (Lipinski definition) is 2. The molecular weight excluding hydrogens is 304 g/mol. The van der Waals surface area contributed by atoms with Crippen molar-refractivity contribution < 1.29 is 0 Å². The SMILES string of the molecule is CCc1c(N)ccc(C(CC)c2ccc(N)c(CC)c2CC)c1CC. The molecule has 0 aliphatic heterocycles. The van der Waals surface area contributed by atoms with Crippen molar-refractivity contribution in [2.45, 2.75) is 72.6 Å². The second kappa shape index (κ2) is 8.42. The Morgan fingerprint density at radius 3 is 1.24 bits per heavy atom. The van der Waals surface area contributed by atoms with Crippen LogP contribution < -0.4 is 11.5 Å². The molecule has 0 unspecified atom stereocenters. The van der Waals surface area contributed by atoms with Crippen molar-refractivity contribution in [3.63, 3.8) is 0 Å². The largest absolute Gasteiger partial charge is 0.398 e. The summed E-state index contributed by atoms with van der Waals surface area (Å²) >= 11 is 0. The van der Waals surface area contributed by atoms with E-state index in [0.717, 1.165) is 43.5 Å². The van der Waals surface area contributed by atoms with E-state index >= 15 is 0 Å². The first kappa shape index (κ1) is 19.4. The zero-order valence-corrected chi connectivity index (χ0v) is 16.6. The van der Waals surface area contributed by atoms with Crippen LogP contribution in [0.25, 0.3) is 0 Å². The number of rotatable bonds is 7. The summed E-state index contributed by atoms with van der Waals surface area (Å²) in [6.45, 7) is 11.2. The predicted octanol–water partition coefficient (Wildman–Crippen LogP) is 5.64. The smallest absolute Gasteiger partial charge is 0.0349 e. The van der Waals surface area contributed by atoms with E-state index in [1.165, 1.54) is 33.4 Å². The molecule has 0 spiro atoms. The molecule has 0 heterocycles. The topological polar surface area (TPSA) is 52.0 Å². The lowest BCUT2D eigenvalue weighted by molar-refractivity contribution is 0.748. The van der Waals surface area contributed by atoms with Gasteiger partial charge in [0.15, 0.2) is 0 Å². The van der Waals surface area contributed by atoms with Crippen LogP contribution in [-0.2, 0) is 25.7 Å². The van der Waals surface area contributed by atoms with E-state index < -0.39 is 0 Å². The molecule has 2 rings (SSSR count). The Balaban J connectivity index is 2.70. The molecule has 0 aromatic heterocycles. The molecule has 0 aliphatic rings. The van der Waals surface area contributed by atoms with Gasteiger partial charge in [-0.1, -0.05) is 46.8 Å². The van der Waals surface area contributed by atoms with E-state index in [1.54, 1.807) is 0 Å². The molecule has 2 heteroatoms. The molecule has 2 nitrogen and oxygen atoms in total. The summed E-state index contributed by atoms with van der Waals surface area (Å²) in [5, 5.41) is 0. The van der Waals surface area contributed by atoms with Gasteiger partial charge in [-0.3, -0.25) is 0 Å². The van der Waals surface area contributed by atoms with Gasteiger partial charge in [-0.15, -0.1) is 0 Å². The molecular formula is C23H34N2. The van der Waals surface area contributed by atoms with E-state index in [0.29, 0.717) is 5.92 Å². The van der Waals surface area contributed by atoms with Crippen LogP contribution in [0.4, 0.5) is 11.4 Å². The highest BCUT2D eigenvalue weighted by Gasteiger charge is 2.22. The number of nitrogen functional groups attached to an aromatic ring is 2. The maximum absolute atomic E-state index is 6.26. The second-order valence-electron chi connectivity index (χ2n) is 6.78. The van der Waals surface area contributed by atoms with Crippen molar-refractivity contribution in [1.29, 1.82) is 0 Å². The van der Waals surface area contributed by atoms with Gasteiger partial charge >= 0.3 is 0 Å². The third-order valence-corrected chi connectivity index (χ3v) is 5.58. The van der Waals surface area contributed by atoms with Gasteiger partial charge in [0, 0.05) is 17.3 Å². The van der Waals surface area contributed by atoms with E-state index in [-0.39, 0.29) is 0 Å². The number of hydrogen-bond acceptors (Lipinski definition) is 2. The van der Waals surface area contributed by atoms with Crippen molar-refractivity contribution >= 4 is 11.4 Å². The minimum absolute atomic E-state index is 0.404. The van der Waals surface area contributed by atoms with E-state index in [2.05, 4.69) is 58.9 Å². The number of nitrogens with two attached hydrogens (primary N) is 2. The molecule has 0 saturated carbocycles. The van der Waals surface area contributed by atoms with Crippen LogP contribution in [0.1, 0.15) is 80.3 Å². The minimum atomic E-state index is 0.404. The van der Waals surface area contributed by atoms with Crippen LogP contribution in [0, 0.1) is 0 Å². The highest BCUT2D eigenvalue weighted by Crippen LogP contribution is 2.38. The Labute approximate surface area is 153 Å². The van der Waals surface area contributed by atoms with Crippen molar-refractivity contribution in [1.82, 2.24) is 0 Å². The van der Waals surface area contributed by atoms with Crippen molar-refractivity contribution in [2.24, 2.45) is 0 Å². The number of benzene rings is 2. The zero-order valence-electron chi connectivity index (χ0n) is 16.6. The predicted molar refractivity (Wildman–Crippen MR) is 111 cm³/mol. The Bertz CT molecular complexity index is 670. The van der Waals surface area contributed by atoms with Crippen LogP contribution >= 0.6 is 0 Å². The summed E-state index contributed by atoms with van der Waals surface area (Å²) < 4.78 is 0. The molecule has 2 aromatic carbocycles. The summed E-state index contributed by atoms with van der Waals surface area (Å²) in [5.74, 6) is 0.404. The van der Waals surface area contributed by atoms with Gasteiger partial charge in [0.1, 0.15) is 0 Å². The summed E-state index contributed by atoms with van der Waals surface area (Å²) in [7, 11) is 0. The molecule has 0 amide bonds. The third kappa shape index (κ3) is 3.53. The maximum atomic E-state index is 6.26. The second-order valence-corrected chi connectivity index (χ2v) is 6.78. The molecule has 0 radical (unpaired) electrons. The van der Waals surface area contributed by atoms with E-state index in [4.69, 9.17) is 11.5 Å². The highest BCUT2D eigenvalue weighted by molar-refractivity contribution is 5.59. The van der Waals surface area contributed by atoms with Crippen LogP contribution in [0.15, 0.2) is 24.3 Å². The van der Waals surface area contributed by atoms with E-state index in [9.17, 15) is 0 Å². The molecule has 0 fully saturated rings. The third-order valence-electron chi connectivity index (χ3n) is 5.58. The number of anilines is 2. The average molecular weight is 339 g/mol. The Morgan fingerprint density at radius 2 is 0.960 bits per heavy atom. The van der Waals surface area contributed by atoms with Crippen molar-refractivity contribution in [3.05, 3.63) is 57.6 Å². The van der Waals surface area contributed by atoms with Crippen LogP contribution in [-0.4, -0.2) is 0 Å². The Morgan fingerprint density at radius 1 is 0.600 bits per heavy atom. The highest BCUT2D eigenvalue weighted by atomic mass is 14.6. The standard InChI is InChI=1S/C23H34N2/c1-6-15-18(9-4)22(24)13-11-20(15)17(8-3)21-12-14-23(25)19(10-5)16(21)7-2/h11-14,17H,6-10,24-25H2,1-5H3. The first-order valence-electron chi connectivity index (χ1n) is 9.83. The Kier molecular flexibility index (Phi) is 6.52. The molecule has 136 valence electrons. The van der Waals surface area contributed by atoms with Crippen LogP contribution in [0.2, 0.25) is 0 Å². The Hall–Kier alpha value is -1.96. The van der Waals surface area contributed by atoms with Gasteiger partial charge in [0.25, 0.3) is 0 Å². The van der Waals surface area contributed by atoms with E-state index in [1.807, 2.05) is 0 Å². The van der Waals surface area contributed by atoms with Gasteiger partial charge < -0.3 is 11.5 Å². The summed E-state index contributed by atoms with van der Waals surface area (Å²) in [5.41, 5.74) is 22.8. The fourth-order valence-electron chi connectivity index (χ4n) is 4.39. The first-order valence-corrected chi connectivity index (χ1v) is 9.83. The van der Waals surface area contributed by atoms with Crippen molar-refractivity contribution in [3.8, 4) is 0 Å². The minimum Gasteiger partial charge on any atom is -0.398 e. The summed E-state index contributed by atoms with van der Waals surface area (Å²) in [6, 6.07) is 8.70. The molecule has 0 bridgehead atoms. The van der Waals surface area contributed by atoms with Crippen LogP contribution in [0.3, 0.4) is 0 Å². The molecule has 2 aromatic rings. The van der Waals surface area contributed by atoms with Gasteiger partial charge in [-0.25, -0.2) is 0 Å². The summed E-state index contributed by atoms with van der Waals surface area (Å²) in [6.07, 6.45) is 5.11. The quantitative estimate of drug-likeness (QED) is 0.642. The van der Waals surface area contributed by atoms with Gasteiger partial charge in [-0.2, -0.15) is 0 Å². The molecule has 0 aliphatic carbocycles. The zero-order chi connectivity index (χ0) is 18.6. The lowest BCUT2D eigenvalue weighted by Crippen LogP contribution is -2.12. The van der Waals surface area contributed by atoms with Crippen LogP contribution in [0.5, 0.6) is 0 Å². The average Bonchev–Trinajstić information content (AvgIpc) is 2.63.